The van der Waals surface area contributed by atoms with Crippen LogP contribution in [0.3, 0.4) is 0 Å². The van der Waals surface area contributed by atoms with Gasteiger partial charge in [0.2, 0.25) is 0 Å². The number of benzene rings is 1. The first-order valence-corrected chi connectivity index (χ1v) is 6.30. The zero-order valence-corrected chi connectivity index (χ0v) is 10.7. The molecule has 1 aromatic carbocycles. The smallest absolute Gasteiger partial charge is 0.128 e. The van der Waals surface area contributed by atoms with E-state index < -0.39 is 0 Å². The minimum absolute atomic E-state index is 0.0730. The van der Waals surface area contributed by atoms with Gasteiger partial charge in [0.25, 0.3) is 0 Å². The highest BCUT2D eigenvalue weighted by atomic mass is 19.1. The monoisotopic (exact) mass is 234 g/mol. The van der Waals surface area contributed by atoms with Gasteiger partial charge in [0, 0.05) is 30.9 Å². The van der Waals surface area contributed by atoms with Gasteiger partial charge >= 0.3 is 0 Å². The third-order valence-electron chi connectivity index (χ3n) is 4.43. The molecule has 0 aliphatic carbocycles. The molecule has 0 spiro atoms. The van der Waals surface area contributed by atoms with Crippen molar-refractivity contribution >= 4 is 5.69 Å². The van der Waals surface area contributed by atoms with Gasteiger partial charge in [-0.05, 0) is 50.6 Å². The van der Waals surface area contributed by atoms with E-state index in [9.17, 15) is 4.39 Å². The summed E-state index contributed by atoms with van der Waals surface area (Å²) in [4.78, 5) is 4.79. The largest absolute Gasteiger partial charge is 0.366 e. The molecule has 0 saturated carbocycles. The van der Waals surface area contributed by atoms with Gasteiger partial charge in [0.05, 0.1) is 0 Å². The Balaban J connectivity index is 1.92. The Bertz CT molecular complexity index is 433. The molecule has 2 fully saturated rings. The topological polar surface area (TPSA) is 6.48 Å². The van der Waals surface area contributed by atoms with Gasteiger partial charge < -0.3 is 4.90 Å². The van der Waals surface area contributed by atoms with Gasteiger partial charge in [-0.3, -0.25) is 4.90 Å². The molecular formula is C14H19FN2. The number of fused-ring (bicyclic) bond motifs is 2. The van der Waals surface area contributed by atoms with Crippen LogP contribution in [0.2, 0.25) is 0 Å². The summed E-state index contributed by atoms with van der Waals surface area (Å²) in [5, 5.41) is 0. The van der Waals surface area contributed by atoms with Crippen LogP contribution in [-0.2, 0) is 0 Å². The SMILES string of the molecule is Cc1cc(N2CC3CC2CN3C)cc(F)c1C. The van der Waals surface area contributed by atoms with Crippen LogP contribution in [0.1, 0.15) is 17.5 Å². The van der Waals surface area contributed by atoms with Crippen molar-refractivity contribution in [3.8, 4) is 0 Å². The molecule has 2 unspecified atom stereocenters. The van der Waals surface area contributed by atoms with Crippen molar-refractivity contribution in [3.05, 3.63) is 29.1 Å². The molecule has 3 heteroatoms. The lowest BCUT2D eigenvalue weighted by Crippen LogP contribution is -2.44. The van der Waals surface area contributed by atoms with Crippen LogP contribution < -0.4 is 4.90 Å². The Morgan fingerprint density at radius 1 is 1.18 bits per heavy atom. The van der Waals surface area contributed by atoms with Crippen molar-refractivity contribution in [2.24, 2.45) is 0 Å². The van der Waals surface area contributed by atoms with Crippen molar-refractivity contribution in [2.45, 2.75) is 32.4 Å². The highest BCUT2D eigenvalue weighted by Gasteiger charge is 2.41. The maximum absolute atomic E-state index is 13.8. The molecule has 17 heavy (non-hydrogen) atoms. The zero-order chi connectivity index (χ0) is 12.2. The van der Waals surface area contributed by atoms with Gasteiger partial charge in [-0.25, -0.2) is 4.39 Å². The van der Waals surface area contributed by atoms with Crippen LogP contribution in [0.5, 0.6) is 0 Å². The van der Waals surface area contributed by atoms with E-state index in [0.717, 1.165) is 29.9 Å². The minimum atomic E-state index is -0.0730. The third-order valence-corrected chi connectivity index (χ3v) is 4.43. The molecule has 2 saturated heterocycles. The Labute approximate surface area is 102 Å². The number of likely N-dealkylation sites (N-methyl/N-ethyl adjacent to an activating group) is 1. The molecule has 2 aliphatic rings. The summed E-state index contributed by atoms with van der Waals surface area (Å²) in [5.41, 5.74) is 2.89. The van der Waals surface area contributed by atoms with Crippen molar-refractivity contribution < 1.29 is 4.39 Å². The number of aryl methyl sites for hydroxylation is 1. The summed E-state index contributed by atoms with van der Waals surface area (Å²) in [5.74, 6) is -0.0730. The van der Waals surface area contributed by atoms with Crippen molar-refractivity contribution in [2.75, 3.05) is 25.0 Å². The Hall–Kier alpha value is -1.09. The van der Waals surface area contributed by atoms with Gasteiger partial charge in [-0.15, -0.1) is 0 Å². The lowest BCUT2D eigenvalue weighted by Gasteiger charge is -2.34. The van der Waals surface area contributed by atoms with Crippen molar-refractivity contribution in [1.82, 2.24) is 4.90 Å². The van der Waals surface area contributed by atoms with Crippen LogP contribution in [-0.4, -0.2) is 37.1 Å². The quantitative estimate of drug-likeness (QED) is 0.736. The molecular weight excluding hydrogens is 215 g/mol. The van der Waals surface area contributed by atoms with Gasteiger partial charge in [0.1, 0.15) is 5.82 Å². The lowest BCUT2D eigenvalue weighted by atomic mass is 10.1. The third kappa shape index (κ3) is 1.64. The fraction of sp³-hybridized carbons (Fsp3) is 0.571. The van der Waals surface area contributed by atoms with Gasteiger partial charge in [-0.1, -0.05) is 0 Å². The van der Waals surface area contributed by atoms with Crippen LogP contribution in [0.4, 0.5) is 10.1 Å². The van der Waals surface area contributed by atoms with E-state index in [1.165, 1.54) is 6.42 Å². The van der Waals surface area contributed by atoms with E-state index >= 15 is 0 Å². The maximum atomic E-state index is 13.8. The fourth-order valence-electron chi connectivity index (χ4n) is 3.15. The predicted molar refractivity (Wildman–Crippen MR) is 68.0 cm³/mol. The van der Waals surface area contributed by atoms with E-state index in [1.54, 1.807) is 6.07 Å². The average Bonchev–Trinajstić information content (AvgIpc) is 2.83. The van der Waals surface area contributed by atoms with Gasteiger partial charge in [-0.2, -0.15) is 0 Å². The van der Waals surface area contributed by atoms with E-state index in [4.69, 9.17) is 0 Å². The Kier molecular flexibility index (Phi) is 2.40. The molecule has 2 heterocycles. The fourth-order valence-corrected chi connectivity index (χ4v) is 3.15. The molecule has 2 bridgehead atoms. The molecule has 2 atom stereocenters. The Morgan fingerprint density at radius 3 is 2.47 bits per heavy atom. The average molecular weight is 234 g/mol. The normalized spacial score (nSPS) is 28.1. The van der Waals surface area contributed by atoms with Crippen molar-refractivity contribution in [1.29, 1.82) is 0 Å². The van der Waals surface area contributed by atoms with Crippen molar-refractivity contribution in [3.63, 3.8) is 0 Å². The number of nitrogens with zero attached hydrogens (tertiary/aromatic N) is 2. The maximum Gasteiger partial charge on any atom is 0.128 e. The van der Waals surface area contributed by atoms with Crippen LogP contribution in [0.15, 0.2) is 12.1 Å². The van der Waals surface area contributed by atoms with Crippen LogP contribution in [0, 0.1) is 19.7 Å². The van der Waals surface area contributed by atoms with Crippen LogP contribution >= 0.6 is 0 Å². The first-order valence-electron chi connectivity index (χ1n) is 6.30. The first kappa shape index (κ1) is 11.0. The van der Waals surface area contributed by atoms with E-state index in [1.807, 2.05) is 13.8 Å². The second-order valence-electron chi connectivity index (χ2n) is 5.50. The van der Waals surface area contributed by atoms with E-state index in [-0.39, 0.29) is 5.82 Å². The lowest BCUT2D eigenvalue weighted by molar-refractivity contribution is 0.292. The number of piperazine rings is 1. The summed E-state index contributed by atoms with van der Waals surface area (Å²) >= 11 is 0. The summed E-state index contributed by atoms with van der Waals surface area (Å²) < 4.78 is 13.8. The molecule has 2 aliphatic heterocycles. The molecule has 3 rings (SSSR count). The summed E-state index contributed by atoms with van der Waals surface area (Å²) in [6, 6.07) is 5.05. The highest BCUT2D eigenvalue weighted by molar-refractivity contribution is 5.54. The second-order valence-corrected chi connectivity index (χ2v) is 5.50. The molecule has 0 N–H and O–H groups in total. The molecule has 92 valence electrons. The van der Waals surface area contributed by atoms with E-state index in [0.29, 0.717) is 12.1 Å². The summed E-state index contributed by atoms with van der Waals surface area (Å²) in [6.45, 7) is 5.99. The minimum Gasteiger partial charge on any atom is -0.366 e. The molecule has 0 aromatic heterocycles. The Morgan fingerprint density at radius 2 is 1.94 bits per heavy atom. The molecule has 0 amide bonds. The molecule has 0 radical (unpaired) electrons. The predicted octanol–water partition coefficient (Wildman–Crippen LogP) is 2.34. The number of hydrogen-bond acceptors (Lipinski definition) is 2. The summed E-state index contributed by atoms with van der Waals surface area (Å²) in [7, 11) is 2.18. The molecule has 1 aromatic rings. The zero-order valence-electron chi connectivity index (χ0n) is 10.7. The number of halogens is 1. The van der Waals surface area contributed by atoms with E-state index in [2.05, 4.69) is 22.9 Å². The second kappa shape index (κ2) is 3.70. The summed E-state index contributed by atoms with van der Waals surface area (Å²) in [6.07, 6.45) is 1.23. The number of anilines is 1. The number of hydrogen-bond donors (Lipinski definition) is 0. The molecule has 2 nitrogen and oxygen atoms in total. The van der Waals surface area contributed by atoms with Gasteiger partial charge in [0.15, 0.2) is 0 Å². The first-order chi connectivity index (χ1) is 8.06. The standard InChI is InChI=1S/C14H19FN2/c1-9-4-11(6-14(15)10(9)2)17-8-12-5-13(17)7-16(12)3/h4,6,12-13H,5,7-8H2,1-3H3. The number of likely N-dealkylation sites (tertiary alicyclic amines) is 1. The number of rotatable bonds is 1. The highest BCUT2D eigenvalue weighted by Crippen LogP contribution is 2.34. The van der Waals surface area contributed by atoms with Crippen LogP contribution in [0.25, 0.3) is 0 Å².